The molecule has 15 heavy (non-hydrogen) atoms. The third kappa shape index (κ3) is 1.43. The van der Waals surface area contributed by atoms with Gasteiger partial charge in [0.15, 0.2) is 0 Å². The number of hydrogen-bond acceptors (Lipinski definition) is 1. The minimum atomic E-state index is 0.611. The molecule has 1 saturated heterocycles. The molecule has 1 saturated carbocycles. The summed E-state index contributed by atoms with van der Waals surface area (Å²) in [5.41, 5.74) is 2.10. The Kier molecular flexibility index (Phi) is 2.13. The third-order valence-electron chi connectivity index (χ3n) is 4.31. The number of hydrogen-bond donors (Lipinski definition) is 1. The van der Waals surface area contributed by atoms with Crippen LogP contribution in [-0.4, -0.2) is 11.1 Å². The average molecular weight is 204 g/mol. The fraction of sp³-hybridized carbons (Fsp3) is 0.692. The zero-order valence-corrected chi connectivity index (χ0v) is 9.50. The van der Waals surface area contributed by atoms with E-state index in [-0.39, 0.29) is 0 Å². The molecule has 2 nitrogen and oxygen atoms in total. The average Bonchev–Trinajstić information content (AvgIpc) is 2.64. The highest BCUT2D eigenvalue weighted by molar-refractivity contribution is 5.23. The molecule has 1 atom stereocenters. The molecule has 1 aromatic rings. The summed E-state index contributed by atoms with van der Waals surface area (Å²) in [5.74, 6) is 0. The summed E-state index contributed by atoms with van der Waals surface area (Å²) in [6, 6.07) is 2.91. The standard InChI is InChI=1S/C13H20N2/c1-15-8-5-11(9-15)12-13(10-14-12)6-3-2-4-7-13/h5,8-9,12,14H,2-4,6-7,10H2,1H3/t12-/m1/s1. The highest BCUT2D eigenvalue weighted by Gasteiger charge is 2.47. The first kappa shape index (κ1) is 9.46. The summed E-state index contributed by atoms with van der Waals surface area (Å²) < 4.78 is 2.16. The van der Waals surface area contributed by atoms with Crippen molar-refractivity contribution in [2.45, 2.75) is 38.1 Å². The monoisotopic (exact) mass is 204 g/mol. The molecule has 2 heterocycles. The molecule has 2 aliphatic rings. The van der Waals surface area contributed by atoms with E-state index in [1.807, 2.05) is 0 Å². The van der Waals surface area contributed by atoms with E-state index < -0.39 is 0 Å². The summed E-state index contributed by atoms with van der Waals surface area (Å²) in [7, 11) is 2.11. The van der Waals surface area contributed by atoms with E-state index in [1.54, 1.807) is 0 Å². The van der Waals surface area contributed by atoms with Crippen LogP contribution in [0.5, 0.6) is 0 Å². The summed E-state index contributed by atoms with van der Waals surface area (Å²) in [5, 5.41) is 3.62. The Morgan fingerprint density at radius 2 is 2.13 bits per heavy atom. The van der Waals surface area contributed by atoms with Gasteiger partial charge in [-0.2, -0.15) is 0 Å². The molecule has 1 aromatic heterocycles. The molecule has 2 heteroatoms. The van der Waals surface area contributed by atoms with Crippen molar-refractivity contribution < 1.29 is 0 Å². The Hall–Kier alpha value is -0.760. The molecule has 1 spiro atoms. The summed E-state index contributed by atoms with van der Waals surface area (Å²) in [6.07, 6.45) is 11.6. The smallest absolute Gasteiger partial charge is 0.0404 e. The van der Waals surface area contributed by atoms with E-state index in [1.165, 1.54) is 44.2 Å². The largest absolute Gasteiger partial charge is 0.357 e. The Balaban J connectivity index is 1.82. The zero-order valence-electron chi connectivity index (χ0n) is 9.50. The van der Waals surface area contributed by atoms with Crippen molar-refractivity contribution in [2.75, 3.05) is 6.54 Å². The molecule has 0 aromatic carbocycles. The van der Waals surface area contributed by atoms with Gasteiger partial charge < -0.3 is 9.88 Å². The number of aromatic nitrogens is 1. The van der Waals surface area contributed by atoms with Crippen molar-refractivity contribution in [2.24, 2.45) is 12.5 Å². The molecule has 1 aliphatic heterocycles. The second-order valence-electron chi connectivity index (χ2n) is 5.35. The lowest BCUT2D eigenvalue weighted by Crippen LogP contribution is -2.56. The van der Waals surface area contributed by atoms with Crippen molar-refractivity contribution in [1.29, 1.82) is 0 Å². The first-order valence-electron chi connectivity index (χ1n) is 6.15. The van der Waals surface area contributed by atoms with E-state index >= 15 is 0 Å². The number of nitrogens with zero attached hydrogens (tertiary/aromatic N) is 1. The maximum absolute atomic E-state index is 3.62. The molecule has 0 radical (unpaired) electrons. The lowest BCUT2D eigenvalue weighted by atomic mass is 9.63. The van der Waals surface area contributed by atoms with Crippen LogP contribution in [0.15, 0.2) is 18.5 Å². The predicted molar refractivity (Wildman–Crippen MR) is 61.7 cm³/mol. The van der Waals surface area contributed by atoms with E-state index in [9.17, 15) is 0 Å². The van der Waals surface area contributed by atoms with E-state index in [0.29, 0.717) is 11.5 Å². The van der Waals surface area contributed by atoms with Gasteiger partial charge >= 0.3 is 0 Å². The Bertz CT molecular complexity index is 347. The molecular weight excluding hydrogens is 184 g/mol. The van der Waals surface area contributed by atoms with E-state index in [4.69, 9.17) is 0 Å². The highest BCUT2D eigenvalue weighted by Crippen LogP contribution is 2.51. The molecule has 82 valence electrons. The molecular formula is C13H20N2. The molecule has 3 rings (SSSR count). The van der Waals surface area contributed by atoms with Crippen LogP contribution in [-0.2, 0) is 7.05 Å². The predicted octanol–water partition coefficient (Wildman–Crippen LogP) is 2.62. The molecule has 0 amide bonds. The molecule has 2 fully saturated rings. The van der Waals surface area contributed by atoms with Gasteiger partial charge in [0.1, 0.15) is 0 Å². The van der Waals surface area contributed by atoms with Gasteiger partial charge in [0, 0.05) is 37.4 Å². The first-order valence-corrected chi connectivity index (χ1v) is 6.15. The van der Waals surface area contributed by atoms with Crippen LogP contribution in [0, 0.1) is 5.41 Å². The molecule has 0 unspecified atom stereocenters. The van der Waals surface area contributed by atoms with E-state index in [2.05, 4.69) is 35.4 Å². The minimum absolute atomic E-state index is 0.611. The van der Waals surface area contributed by atoms with Crippen LogP contribution in [0.2, 0.25) is 0 Å². The quantitative estimate of drug-likeness (QED) is 0.744. The lowest BCUT2D eigenvalue weighted by molar-refractivity contribution is 0.0361. The van der Waals surface area contributed by atoms with Crippen LogP contribution in [0.25, 0.3) is 0 Å². The van der Waals surface area contributed by atoms with Gasteiger partial charge in [-0.25, -0.2) is 0 Å². The van der Waals surface area contributed by atoms with Gasteiger partial charge in [-0.1, -0.05) is 19.3 Å². The van der Waals surface area contributed by atoms with E-state index in [0.717, 1.165) is 0 Å². The Labute approximate surface area is 91.7 Å². The molecule has 0 bridgehead atoms. The maximum Gasteiger partial charge on any atom is 0.0404 e. The lowest BCUT2D eigenvalue weighted by Gasteiger charge is -2.53. The zero-order chi connectivity index (χ0) is 10.3. The summed E-state index contributed by atoms with van der Waals surface area (Å²) in [6.45, 7) is 1.24. The van der Waals surface area contributed by atoms with Gasteiger partial charge in [-0.05, 0) is 24.5 Å². The first-order chi connectivity index (χ1) is 7.30. The highest BCUT2D eigenvalue weighted by atomic mass is 15.1. The Morgan fingerprint density at radius 3 is 2.67 bits per heavy atom. The van der Waals surface area contributed by atoms with Crippen LogP contribution in [0.4, 0.5) is 0 Å². The van der Waals surface area contributed by atoms with Gasteiger partial charge in [0.05, 0.1) is 0 Å². The second kappa shape index (κ2) is 3.38. The van der Waals surface area contributed by atoms with Crippen LogP contribution >= 0.6 is 0 Å². The SMILES string of the molecule is Cn1ccc([C@H]2NCC23CCCCC3)c1. The minimum Gasteiger partial charge on any atom is -0.357 e. The van der Waals surface area contributed by atoms with Crippen molar-refractivity contribution in [3.8, 4) is 0 Å². The van der Waals surface area contributed by atoms with Gasteiger partial charge in [0.2, 0.25) is 0 Å². The number of rotatable bonds is 1. The van der Waals surface area contributed by atoms with Crippen LogP contribution in [0.1, 0.15) is 43.7 Å². The fourth-order valence-corrected chi connectivity index (χ4v) is 3.38. The van der Waals surface area contributed by atoms with Crippen molar-refractivity contribution in [3.63, 3.8) is 0 Å². The third-order valence-corrected chi connectivity index (χ3v) is 4.31. The summed E-state index contributed by atoms with van der Waals surface area (Å²) in [4.78, 5) is 0. The number of nitrogens with one attached hydrogen (secondary N) is 1. The topological polar surface area (TPSA) is 17.0 Å². The van der Waals surface area contributed by atoms with Crippen molar-refractivity contribution in [1.82, 2.24) is 9.88 Å². The van der Waals surface area contributed by atoms with Gasteiger partial charge in [0.25, 0.3) is 0 Å². The van der Waals surface area contributed by atoms with Crippen LogP contribution < -0.4 is 5.32 Å². The second-order valence-corrected chi connectivity index (χ2v) is 5.35. The Morgan fingerprint density at radius 1 is 1.33 bits per heavy atom. The van der Waals surface area contributed by atoms with Crippen molar-refractivity contribution in [3.05, 3.63) is 24.0 Å². The summed E-state index contributed by atoms with van der Waals surface area (Å²) >= 11 is 0. The van der Waals surface area contributed by atoms with Crippen LogP contribution in [0.3, 0.4) is 0 Å². The normalized spacial score (nSPS) is 29.0. The van der Waals surface area contributed by atoms with Gasteiger partial charge in [-0.3, -0.25) is 0 Å². The maximum atomic E-state index is 3.62. The number of aryl methyl sites for hydroxylation is 1. The fourth-order valence-electron chi connectivity index (χ4n) is 3.38. The molecule has 1 N–H and O–H groups in total. The van der Waals surface area contributed by atoms with Gasteiger partial charge in [-0.15, -0.1) is 0 Å². The van der Waals surface area contributed by atoms with Crippen molar-refractivity contribution >= 4 is 0 Å². The molecule has 1 aliphatic carbocycles.